The Kier molecular flexibility index (Phi) is 5.01. The van der Waals surface area contributed by atoms with E-state index in [0.717, 1.165) is 12.8 Å². The molecule has 15 heavy (non-hydrogen) atoms. The first-order chi connectivity index (χ1) is 7.17. The molecule has 5 nitrogen and oxygen atoms in total. The highest BCUT2D eigenvalue weighted by molar-refractivity contribution is 5.77. The Hall–Kier alpha value is -0.650. The van der Waals surface area contributed by atoms with Crippen molar-refractivity contribution in [1.29, 1.82) is 0 Å². The summed E-state index contributed by atoms with van der Waals surface area (Å²) in [6, 6.07) is -0.360. The lowest BCUT2D eigenvalue weighted by Gasteiger charge is -2.17. The molecule has 0 spiro atoms. The molecule has 1 amide bonds. The summed E-state index contributed by atoms with van der Waals surface area (Å²) in [5, 5.41) is 11.6. The minimum Gasteiger partial charge on any atom is -0.394 e. The van der Waals surface area contributed by atoms with Crippen LogP contribution in [0, 0.1) is 5.92 Å². The number of aliphatic hydroxyl groups excluding tert-OH is 1. The minimum atomic E-state index is -0.325. The van der Waals surface area contributed by atoms with Crippen molar-refractivity contribution in [1.82, 2.24) is 5.32 Å². The highest BCUT2D eigenvalue weighted by Crippen LogP contribution is 2.32. The first kappa shape index (κ1) is 12.4. The van der Waals surface area contributed by atoms with E-state index in [4.69, 9.17) is 15.6 Å². The Balaban J connectivity index is 2.20. The van der Waals surface area contributed by atoms with E-state index in [1.165, 1.54) is 7.11 Å². The number of nitrogens with one attached hydrogen (secondary N) is 1. The van der Waals surface area contributed by atoms with Crippen molar-refractivity contribution >= 4 is 5.91 Å². The summed E-state index contributed by atoms with van der Waals surface area (Å²) in [5.74, 6) is 0.413. The molecule has 0 aliphatic heterocycles. The van der Waals surface area contributed by atoms with Crippen molar-refractivity contribution < 1.29 is 14.6 Å². The molecule has 0 bridgehead atoms. The molecule has 0 saturated heterocycles. The first-order valence-corrected chi connectivity index (χ1v) is 5.32. The lowest BCUT2D eigenvalue weighted by Crippen LogP contribution is -2.43. The zero-order valence-corrected chi connectivity index (χ0v) is 9.11. The molecule has 4 N–H and O–H groups in total. The molecule has 0 aromatic carbocycles. The van der Waals surface area contributed by atoms with Crippen LogP contribution in [0.4, 0.5) is 0 Å². The van der Waals surface area contributed by atoms with Gasteiger partial charge in [0.25, 0.3) is 0 Å². The standard InChI is InChI=1S/C10H20N2O3/c1-15-6-8(5-13)12-10(14)4-9(11)7-2-3-7/h7-9,13H,2-6,11H2,1H3,(H,12,14). The van der Waals surface area contributed by atoms with Crippen LogP contribution >= 0.6 is 0 Å². The second-order valence-electron chi connectivity index (χ2n) is 4.11. The molecule has 2 atom stereocenters. The summed E-state index contributed by atoms with van der Waals surface area (Å²) in [5.41, 5.74) is 5.82. The zero-order valence-electron chi connectivity index (χ0n) is 9.11. The van der Waals surface area contributed by atoms with E-state index in [1.807, 2.05) is 0 Å². The number of hydrogen-bond donors (Lipinski definition) is 3. The average molecular weight is 216 g/mol. The summed E-state index contributed by atoms with van der Waals surface area (Å²) < 4.78 is 4.85. The number of rotatable bonds is 7. The maximum Gasteiger partial charge on any atom is 0.221 e. The molecule has 0 radical (unpaired) electrons. The monoisotopic (exact) mass is 216 g/mol. The number of amides is 1. The average Bonchev–Trinajstić information content (AvgIpc) is 2.99. The molecule has 5 heteroatoms. The number of hydrogen-bond acceptors (Lipinski definition) is 4. The topological polar surface area (TPSA) is 84.6 Å². The van der Waals surface area contributed by atoms with Crippen molar-refractivity contribution in [3.05, 3.63) is 0 Å². The molecule has 0 aromatic heterocycles. The van der Waals surface area contributed by atoms with E-state index in [-0.39, 0.29) is 24.6 Å². The van der Waals surface area contributed by atoms with Crippen LogP contribution in [0.25, 0.3) is 0 Å². The molecule has 1 aliphatic carbocycles. The fourth-order valence-electron chi connectivity index (χ4n) is 1.53. The van der Waals surface area contributed by atoms with Gasteiger partial charge in [-0.1, -0.05) is 0 Å². The molecule has 1 fully saturated rings. The van der Waals surface area contributed by atoms with Crippen LogP contribution in [0.2, 0.25) is 0 Å². The summed E-state index contributed by atoms with van der Waals surface area (Å²) in [4.78, 5) is 11.5. The normalized spacial score (nSPS) is 19.7. The summed E-state index contributed by atoms with van der Waals surface area (Å²) in [6.45, 7) is 0.207. The second kappa shape index (κ2) is 6.05. The van der Waals surface area contributed by atoms with Gasteiger partial charge in [0.05, 0.1) is 19.3 Å². The van der Waals surface area contributed by atoms with Crippen LogP contribution in [-0.2, 0) is 9.53 Å². The molecule has 0 heterocycles. The Morgan fingerprint density at radius 3 is 2.80 bits per heavy atom. The summed E-state index contributed by atoms with van der Waals surface area (Å²) in [6.07, 6.45) is 2.61. The van der Waals surface area contributed by atoms with Crippen molar-refractivity contribution in [2.24, 2.45) is 11.7 Å². The van der Waals surface area contributed by atoms with Gasteiger partial charge in [-0.2, -0.15) is 0 Å². The molecule has 2 unspecified atom stereocenters. The van der Waals surface area contributed by atoms with Crippen molar-refractivity contribution in [3.8, 4) is 0 Å². The molecule has 1 saturated carbocycles. The number of nitrogens with two attached hydrogens (primary N) is 1. The van der Waals surface area contributed by atoms with Gasteiger partial charge in [-0.15, -0.1) is 0 Å². The summed E-state index contributed by atoms with van der Waals surface area (Å²) in [7, 11) is 1.53. The smallest absolute Gasteiger partial charge is 0.221 e. The minimum absolute atomic E-state index is 0.0353. The van der Waals surface area contributed by atoms with Gasteiger partial charge in [-0.05, 0) is 18.8 Å². The molecular formula is C10H20N2O3. The highest BCUT2D eigenvalue weighted by atomic mass is 16.5. The third kappa shape index (κ3) is 4.59. The number of aliphatic hydroxyl groups is 1. The Bertz CT molecular complexity index is 207. The van der Waals surface area contributed by atoms with Gasteiger partial charge in [-0.3, -0.25) is 4.79 Å². The number of carbonyl (C=O) groups is 1. The fourth-order valence-corrected chi connectivity index (χ4v) is 1.53. The molecule has 1 aliphatic rings. The number of carbonyl (C=O) groups excluding carboxylic acids is 1. The van der Waals surface area contributed by atoms with E-state index in [1.54, 1.807) is 0 Å². The van der Waals surface area contributed by atoms with Gasteiger partial charge >= 0.3 is 0 Å². The van der Waals surface area contributed by atoms with Crippen LogP contribution in [0.3, 0.4) is 0 Å². The maximum atomic E-state index is 11.5. The van der Waals surface area contributed by atoms with Crippen LogP contribution in [0.1, 0.15) is 19.3 Å². The second-order valence-corrected chi connectivity index (χ2v) is 4.11. The zero-order chi connectivity index (χ0) is 11.3. The van der Waals surface area contributed by atoms with Gasteiger partial charge in [-0.25, -0.2) is 0 Å². The van der Waals surface area contributed by atoms with E-state index in [0.29, 0.717) is 18.9 Å². The third-order valence-corrected chi connectivity index (χ3v) is 2.60. The lowest BCUT2D eigenvalue weighted by atomic mass is 10.1. The summed E-state index contributed by atoms with van der Waals surface area (Å²) >= 11 is 0. The Morgan fingerprint density at radius 2 is 2.33 bits per heavy atom. The van der Waals surface area contributed by atoms with Crippen LogP contribution in [-0.4, -0.2) is 43.4 Å². The van der Waals surface area contributed by atoms with E-state index < -0.39 is 0 Å². The van der Waals surface area contributed by atoms with Crippen molar-refractivity contribution in [3.63, 3.8) is 0 Å². The van der Waals surface area contributed by atoms with Crippen LogP contribution in [0.5, 0.6) is 0 Å². The Morgan fingerprint density at radius 1 is 1.67 bits per heavy atom. The predicted octanol–water partition coefficient (Wildman–Crippen LogP) is -0.763. The van der Waals surface area contributed by atoms with Crippen LogP contribution in [0.15, 0.2) is 0 Å². The molecular weight excluding hydrogens is 196 g/mol. The molecule has 0 aromatic rings. The first-order valence-electron chi connectivity index (χ1n) is 5.32. The van der Waals surface area contributed by atoms with Crippen LogP contribution < -0.4 is 11.1 Å². The van der Waals surface area contributed by atoms with E-state index >= 15 is 0 Å². The van der Waals surface area contributed by atoms with E-state index in [9.17, 15) is 4.79 Å². The number of methoxy groups -OCH3 is 1. The van der Waals surface area contributed by atoms with Crippen molar-refractivity contribution in [2.45, 2.75) is 31.3 Å². The van der Waals surface area contributed by atoms with Crippen molar-refractivity contribution in [2.75, 3.05) is 20.3 Å². The van der Waals surface area contributed by atoms with Gasteiger partial charge in [0, 0.05) is 19.6 Å². The van der Waals surface area contributed by atoms with Gasteiger partial charge in [0.2, 0.25) is 5.91 Å². The number of ether oxygens (including phenoxy) is 1. The Labute approximate surface area is 90.0 Å². The quantitative estimate of drug-likeness (QED) is 0.522. The molecule has 1 rings (SSSR count). The maximum absolute atomic E-state index is 11.5. The van der Waals surface area contributed by atoms with Gasteiger partial charge < -0.3 is 20.9 Å². The molecule has 88 valence electrons. The fraction of sp³-hybridized carbons (Fsp3) is 0.900. The van der Waals surface area contributed by atoms with Gasteiger partial charge in [0.1, 0.15) is 0 Å². The third-order valence-electron chi connectivity index (χ3n) is 2.60. The largest absolute Gasteiger partial charge is 0.394 e. The SMILES string of the molecule is COCC(CO)NC(=O)CC(N)C1CC1. The highest BCUT2D eigenvalue weighted by Gasteiger charge is 2.30. The predicted molar refractivity (Wildman–Crippen MR) is 56.2 cm³/mol. The van der Waals surface area contributed by atoms with Gasteiger partial charge in [0.15, 0.2) is 0 Å². The van der Waals surface area contributed by atoms with E-state index in [2.05, 4.69) is 5.32 Å². The lowest BCUT2D eigenvalue weighted by molar-refractivity contribution is -0.123.